The molecule has 0 aliphatic carbocycles. The third-order valence-corrected chi connectivity index (χ3v) is 3.17. The minimum atomic E-state index is -0.0174. The van der Waals surface area contributed by atoms with Crippen molar-refractivity contribution in [1.29, 1.82) is 0 Å². The zero-order valence-corrected chi connectivity index (χ0v) is 12.3. The summed E-state index contributed by atoms with van der Waals surface area (Å²) in [6.07, 6.45) is 8.80. The monoisotopic (exact) mass is 306 g/mol. The summed E-state index contributed by atoms with van der Waals surface area (Å²) in [5.74, 6) is -0.0174. The van der Waals surface area contributed by atoms with Crippen LogP contribution in [0.3, 0.4) is 0 Å². The van der Waals surface area contributed by atoms with Gasteiger partial charge in [0.05, 0.1) is 6.20 Å². The van der Waals surface area contributed by atoms with Crippen molar-refractivity contribution in [3.63, 3.8) is 0 Å². The average molecular weight is 307 g/mol. The summed E-state index contributed by atoms with van der Waals surface area (Å²) in [5, 5.41) is 0. The number of amides is 1. The van der Waals surface area contributed by atoms with Crippen LogP contribution in [0.2, 0.25) is 0 Å². The second-order valence-corrected chi connectivity index (χ2v) is 4.32. The van der Waals surface area contributed by atoms with E-state index in [1.807, 2.05) is 4.90 Å². The van der Waals surface area contributed by atoms with Crippen LogP contribution in [0, 0.1) is 0 Å². The van der Waals surface area contributed by atoms with Gasteiger partial charge >= 0.3 is 0 Å². The van der Waals surface area contributed by atoms with Gasteiger partial charge in [-0.05, 0) is 32.2 Å². The molecule has 108 valence electrons. The predicted molar refractivity (Wildman–Crippen MR) is 78.9 cm³/mol. The Morgan fingerprint density at radius 1 is 1.37 bits per heavy atom. The molecule has 2 N–H and O–H groups in total. The molecule has 2 heterocycles. The van der Waals surface area contributed by atoms with E-state index in [0.29, 0.717) is 12.2 Å². The second-order valence-electron chi connectivity index (χ2n) is 4.32. The number of hydrogen-bond donors (Lipinski definition) is 1. The molecule has 1 aromatic rings. The van der Waals surface area contributed by atoms with Gasteiger partial charge < -0.3 is 10.6 Å². The first-order chi connectivity index (χ1) is 8.33. The molecule has 7 heteroatoms. The largest absolute Gasteiger partial charge is 0.334 e. The van der Waals surface area contributed by atoms with Gasteiger partial charge in [-0.25, -0.2) is 4.98 Å². The highest BCUT2D eigenvalue weighted by Gasteiger charge is 2.27. The van der Waals surface area contributed by atoms with E-state index in [2.05, 4.69) is 9.97 Å². The third kappa shape index (κ3) is 4.60. The van der Waals surface area contributed by atoms with Crippen molar-refractivity contribution >= 4 is 30.7 Å². The number of likely N-dealkylation sites (tertiary alicyclic amines) is 1. The third-order valence-electron chi connectivity index (χ3n) is 3.17. The van der Waals surface area contributed by atoms with Gasteiger partial charge in [-0.3, -0.25) is 9.78 Å². The first kappa shape index (κ1) is 18.1. The summed E-state index contributed by atoms with van der Waals surface area (Å²) in [6.45, 7) is 1.43. The quantitative estimate of drug-likeness (QED) is 0.922. The van der Waals surface area contributed by atoms with Gasteiger partial charge in [0.25, 0.3) is 5.91 Å². The number of piperidine rings is 1. The van der Waals surface area contributed by atoms with Crippen molar-refractivity contribution in [2.45, 2.75) is 31.7 Å². The smallest absolute Gasteiger partial charge is 0.274 e. The lowest BCUT2D eigenvalue weighted by Gasteiger charge is -2.35. The number of nitrogens with zero attached hydrogens (tertiary/aromatic N) is 3. The standard InChI is InChI=1S/C12H18N4O.2ClH/c13-5-4-10-3-1-2-8-16(10)12(17)11-9-14-6-7-15-11;;/h6-7,9-10H,1-5,8,13H2;2*1H. The summed E-state index contributed by atoms with van der Waals surface area (Å²) in [4.78, 5) is 22.2. The van der Waals surface area contributed by atoms with Crippen molar-refractivity contribution in [2.75, 3.05) is 13.1 Å². The van der Waals surface area contributed by atoms with Gasteiger partial charge in [0, 0.05) is 25.0 Å². The molecule has 2 rings (SSSR count). The summed E-state index contributed by atoms with van der Waals surface area (Å²) < 4.78 is 0. The molecule has 1 aliphatic heterocycles. The Morgan fingerprint density at radius 2 is 2.16 bits per heavy atom. The molecule has 1 amide bonds. The van der Waals surface area contributed by atoms with E-state index in [-0.39, 0.29) is 36.8 Å². The van der Waals surface area contributed by atoms with Crippen LogP contribution in [0.1, 0.15) is 36.2 Å². The minimum absolute atomic E-state index is 0. The Morgan fingerprint density at radius 3 is 2.79 bits per heavy atom. The number of nitrogens with two attached hydrogens (primary N) is 1. The van der Waals surface area contributed by atoms with Crippen molar-refractivity contribution in [2.24, 2.45) is 5.73 Å². The molecule has 0 bridgehead atoms. The topological polar surface area (TPSA) is 72.1 Å². The molecule has 1 aromatic heterocycles. The number of carbonyl (C=O) groups is 1. The molecule has 0 radical (unpaired) electrons. The Labute approximate surface area is 125 Å². The summed E-state index contributed by atoms with van der Waals surface area (Å²) in [7, 11) is 0. The number of aromatic nitrogens is 2. The van der Waals surface area contributed by atoms with Gasteiger partial charge in [0.15, 0.2) is 0 Å². The zero-order chi connectivity index (χ0) is 12.1. The molecule has 19 heavy (non-hydrogen) atoms. The second kappa shape index (κ2) is 9.07. The lowest BCUT2D eigenvalue weighted by Crippen LogP contribution is -2.44. The van der Waals surface area contributed by atoms with E-state index in [4.69, 9.17) is 5.73 Å². The molecule has 0 spiro atoms. The van der Waals surface area contributed by atoms with Gasteiger partial charge in [-0.15, -0.1) is 24.8 Å². The average Bonchev–Trinajstić information content (AvgIpc) is 2.40. The first-order valence-corrected chi connectivity index (χ1v) is 6.10. The Hall–Kier alpha value is -0.910. The molecule has 1 fully saturated rings. The number of halogens is 2. The highest BCUT2D eigenvalue weighted by atomic mass is 35.5. The fourth-order valence-electron chi connectivity index (χ4n) is 2.32. The molecule has 0 aromatic carbocycles. The number of carbonyl (C=O) groups excluding carboxylic acids is 1. The van der Waals surface area contributed by atoms with E-state index >= 15 is 0 Å². The van der Waals surface area contributed by atoms with Crippen LogP contribution >= 0.6 is 24.8 Å². The fraction of sp³-hybridized carbons (Fsp3) is 0.583. The molecular formula is C12H20Cl2N4O. The normalized spacial score (nSPS) is 18.2. The lowest BCUT2D eigenvalue weighted by atomic mass is 9.99. The van der Waals surface area contributed by atoms with Crippen LogP contribution < -0.4 is 5.73 Å². The van der Waals surface area contributed by atoms with Crippen molar-refractivity contribution in [3.8, 4) is 0 Å². The van der Waals surface area contributed by atoms with E-state index in [9.17, 15) is 4.79 Å². The maximum atomic E-state index is 12.3. The van der Waals surface area contributed by atoms with Gasteiger partial charge in [-0.2, -0.15) is 0 Å². The highest BCUT2D eigenvalue weighted by Crippen LogP contribution is 2.20. The number of rotatable bonds is 3. The maximum Gasteiger partial charge on any atom is 0.274 e. The van der Waals surface area contributed by atoms with Crippen LogP contribution in [0.5, 0.6) is 0 Å². The molecule has 5 nitrogen and oxygen atoms in total. The van der Waals surface area contributed by atoms with Crippen LogP contribution in [0.4, 0.5) is 0 Å². The number of hydrogen-bond acceptors (Lipinski definition) is 4. The Bertz CT molecular complexity index is 375. The van der Waals surface area contributed by atoms with Crippen LogP contribution in [-0.2, 0) is 0 Å². The summed E-state index contributed by atoms with van der Waals surface area (Å²) >= 11 is 0. The Kier molecular flexibility index (Phi) is 8.63. The van der Waals surface area contributed by atoms with E-state index in [0.717, 1.165) is 25.8 Å². The van der Waals surface area contributed by atoms with Gasteiger partial charge in [0.1, 0.15) is 5.69 Å². The van der Waals surface area contributed by atoms with Crippen LogP contribution in [0.15, 0.2) is 18.6 Å². The zero-order valence-electron chi connectivity index (χ0n) is 10.7. The minimum Gasteiger partial charge on any atom is -0.334 e. The molecular weight excluding hydrogens is 287 g/mol. The van der Waals surface area contributed by atoms with Crippen molar-refractivity contribution in [3.05, 3.63) is 24.3 Å². The molecule has 0 saturated carbocycles. The maximum absolute atomic E-state index is 12.3. The van der Waals surface area contributed by atoms with Crippen LogP contribution in [0.25, 0.3) is 0 Å². The van der Waals surface area contributed by atoms with Gasteiger partial charge in [0.2, 0.25) is 0 Å². The highest BCUT2D eigenvalue weighted by molar-refractivity contribution is 5.92. The fourth-order valence-corrected chi connectivity index (χ4v) is 2.32. The van der Waals surface area contributed by atoms with Crippen molar-refractivity contribution < 1.29 is 4.79 Å². The van der Waals surface area contributed by atoms with Gasteiger partial charge in [-0.1, -0.05) is 0 Å². The summed E-state index contributed by atoms with van der Waals surface area (Å²) in [5.41, 5.74) is 6.02. The molecule has 1 aliphatic rings. The molecule has 1 saturated heterocycles. The van der Waals surface area contributed by atoms with Crippen molar-refractivity contribution in [1.82, 2.24) is 14.9 Å². The molecule has 1 unspecified atom stereocenters. The predicted octanol–water partition coefficient (Wildman–Crippen LogP) is 1.66. The van der Waals surface area contributed by atoms with Crippen LogP contribution in [-0.4, -0.2) is 39.9 Å². The van der Waals surface area contributed by atoms with E-state index < -0.39 is 0 Å². The Balaban J connectivity index is 0.00000162. The van der Waals surface area contributed by atoms with E-state index in [1.54, 1.807) is 12.4 Å². The lowest BCUT2D eigenvalue weighted by molar-refractivity contribution is 0.0598. The SMILES string of the molecule is Cl.Cl.NCCC1CCCCN1C(=O)c1cnccn1. The first-order valence-electron chi connectivity index (χ1n) is 6.10. The summed E-state index contributed by atoms with van der Waals surface area (Å²) in [6, 6.07) is 0.267. The van der Waals surface area contributed by atoms with E-state index in [1.165, 1.54) is 12.6 Å². The molecule has 1 atom stereocenters.